The maximum atomic E-state index is 13.2. The standard InChI is InChI=1S/C28H27N3O5/c1-28(2,34)13-11-18-5-10-25-24(15-18)31(3)27(33)23(17-36-25)30-26(32)22-16-20(12-14-29-22)19-6-8-21(35-4)9-7-19/h5-10,12,14-16,23,34H,17H2,1-4H3,(H,30,32)/t23-/m0/s1. The number of rotatable bonds is 4. The highest BCUT2D eigenvalue weighted by atomic mass is 16.5. The second kappa shape index (κ2) is 10.1. The summed E-state index contributed by atoms with van der Waals surface area (Å²) in [6.45, 7) is 3.16. The zero-order chi connectivity index (χ0) is 25.9. The number of anilines is 1. The molecule has 2 amide bonds. The number of methoxy groups -OCH3 is 1. The van der Waals surface area contributed by atoms with Gasteiger partial charge in [-0.2, -0.15) is 0 Å². The molecular formula is C28H27N3O5. The first-order valence-electron chi connectivity index (χ1n) is 11.4. The normalized spacial score (nSPS) is 15.1. The molecule has 0 saturated carbocycles. The molecule has 0 fully saturated rings. The highest BCUT2D eigenvalue weighted by Gasteiger charge is 2.31. The van der Waals surface area contributed by atoms with E-state index in [2.05, 4.69) is 22.1 Å². The van der Waals surface area contributed by atoms with Crippen LogP contribution in [0.25, 0.3) is 11.1 Å². The van der Waals surface area contributed by atoms with Crippen molar-refractivity contribution in [3.05, 3.63) is 72.1 Å². The molecule has 0 aliphatic carbocycles. The first kappa shape index (κ1) is 24.8. The van der Waals surface area contributed by atoms with Gasteiger partial charge in [0.15, 0.2) is 0 Å². The number of hydrogen-bond donors (Lipinski definition) is 2. The lowest BCUT2D eigenvalue weighted by Crippen LogP contribution is -2.49. The Kier molecular flexibility index (Phi) is 6.95. The van der Waals surface area contributed by atoms with E-state index in [1.807, 2.05) is 24.3 Å². The van der Waals surface area contributed by atoms with Gasteiger partial charge in [0.2, 0.25) is 0 Å². The van der Waals surface area contributed by atoms with Crippen LogP contribution in [0.1, 0.15) is 29.9 Å². The van der Waals surface area contributed by atoms with Gasteiger partial charge in [-0.1, -0.05) is 24.0 Å². The molecule has 1 aliphatic heterocycles. The lowest BCUT2D eigenvalue weighted by atomic mass is 10.1. The number of likely N-dealkylation sites (N-methyl/N-ethyl adjacent to an activating group) is 1. The Morgan fingerprint density at radius 2 is 1.92 bits per heavy atom. The zero-order valence-electron chi connectivity index (χ0n) is 20.5. The molecule has 0 bridgehead atoms. The fourth-order valence-electron chi connectivity index (χ4n) is 3.65. The van der Waals surface area contributed by atoms with Crippen LogP contribution in [0.4, 0.5) is 5.69 Å². The quantitative estimate of drug-likeness (QED) is 0.551. The largest absolute Gasteiger partial charge is 0.497 e. The number of carbonyl (C=O) groups is 2. The van der Waals surface area contributed by atoms with E-state index < -0.39 is 17.6 Å². The number of fused-ring (bicyclic) bond motifs is 1. The van der Waals surface area contributed by atoms with Gasteiger partial charge >= 0.3 is 0 Å². The summed E-state index contributed by atoms with van der Waals surface area (Å²) in [5.41, 5.74) is 1.91. The molecular weight excluding hydrogens is 458 g/mol. The van der Waals surface area contributed by atoms with Crippen LogP contribution in [0.3, 0.4) is 0 Å². The molecule has 0 saturated heterocycles. The van der Waals surface area contributed by atoms with Crippen molar-refractivity contribution in [2.24, 2.45) is 0 Å². The average Bonchev–Trinajstić information content (AvgIpc) is 2.99. The van der Waals surface area contributed by atoms with Crippen molar-refractivity contribution >= 4 is 17.5 Å². The van der Waals surface area contributed by atoms with Gasteiger partial charge in [0.1, 0.15) is 35.4 Å². The van der Waals surface area contributed by atoms with Crippen molar-refractivity contribution in [2.45, 2.75) is 25.5 Å². The van der Waals surface area contributed by atoms with E-state index in [0.717, 1.165) is 16.9 Å². The second-order valence-electron chi connectivity index (χ2n) is 8.88. The molecule has 36 heavy (non-hydrogen) atoms. The van der Waals surface area contributed by atoms with Crippen LogP contribution in [0.15, 0.2) is 60.8 Å². The summed E-state index contributed by atoms with van der Waals surface area (Å²) in [6, 6.07) is 15.2. The minimum Gasteiger partial charge on any atom is -0.497 e. The molecule has 1 atom stereocenters. The van der Waals surface area contributed by atoms with E-state index in [1.165, 1.54) is 4.90 Å². The van der Waals surface area contributed by atoms with Crippen LogP contribution in [0.5, 0.6) is 11.5 Å². The summed E-state index contributed by atoms with van der Waals surface area (Å²) in [4.78, 5) is 31.8. The highest BCUT2D eigenvalue weighted by Crippen LogP contribution is 2.31. The molecule has 3 aromatic rings. The molecule has 0 unspecified atom stereocenters. The molecule has 0 spiro atoms. The summed E-state index contributed by atoms with van der Waals surface area (Å²) >= 11 is 0. The fraction of sp³-hybridized carbons (Fsp3) is 0.250. The van der Waals surface area contributed by atoms with Gasteiger partial charge in [-0.05, 0) is 67.4 Å². The van der Waals surface area contributed by atoms with Crippen LogP contribution in [-0.2, 0) is 4.79 Å². The van der Waals surface area contributed by atoms with E-state index in [0.29, 0.717) is 17.0 Å². The summed E-state index contributed by atoms with van der Waals surface area (Å²) in [5, 5.41) is 12.6. The highest BCUT2D eigenvalue weighted by molar-refractivity contribution is 6.03. The molecule has 2 N–H and O–H groups in total. The monoisotopic (exact) mass is 485 g/mol. The molecule has 1 aromatic heterocycles. The van der Waals surface area contributed by atoms with Crippen LogP contribution >= 0.6 is 0 Å². The third-order valence-electron chi connectivity index (χ3n) is 5.59. The summed E-state index contributed by atoms with van der Waals surface area (Å²) in [7, 11) is 3.22. The summed E-state index contributed by atoms with van der Waals surface area (Å²) in [5.74, 6) is 6.07. The van der Waals surface area contributed by atoms with Gasteiger partial charge in [-0.25, -0.2) is 0 Å². The Labute approximate surface area is 209 Å². The Balaban J connectivity index is 1.51. The minimum atomic E-state index is -1.14. The average molecular weight is 486 g/mol. The number of aromatic nitrogens is 1. The number of carbonyl (C=O) groups excluding carboxylic acids is 2. The molecule has 4 rings (SSSR count). The summed E-state index contributed by atoms with van der Waals surface area (Å²) < 4.78 is 11.0. The van der Waals surface area contributed by atoms with Crippen LogP contribution in [0, 0.1) is 11.8 Å². The number of nitrogens with zero attached hydrogens (tertiary/aromatic N) is 2. The van der Waals surface area contributed by atoms with E-state index in [-0.39, 0.29) is 18.2 Å². The molecule has 0 radical (unpaired) electrons. The topological polar surface area (TPSA) is 101 Å². The van der Waals surface area contributed by atoms with E-state index in [1.54, 1.807) is 64.5 Å². The van der Waals surface area contributed by atoms with Crippen molar-refractivity contribution < 1.29 is 24.2 Å². The SMILES string of the molecule is COc1ccc(-c2ccnc(C(=O)N[C@H]3COc4ccc(C#CC(C)(C)O)cc4N(C)C3=O)c2)cc1. The van der Waals surface area contributed by atoms with Crippen molar-refractivity contribution in [2.75, 3.05) is 25.7 Å². The summed E-state index contributed by atoms with van der Waals surface area (Å²) in [6.07, 6.45) is 1.55. The van der Waals surface area contributed by atoms with Gasteiger partial charge in [-0.3, -0.25) is 14.6 Å². The van der Waals surface area contributed by atoms with E-state index in [4.69, 9.17) is 9.47 Å². The van der Waals surface area contributed by atoms with Crippen LogP contribution < -0.4 is 19.7 Å². The number of pyridine rings is 1. The van der Waals surface area contributed by atoms with Crippen molar-refractivity contribution in [1.82, 2.24) is 10.3 Å². The van der Waals surface area contributed by atoms with E-state index >= 15 is 0 Å². The van der Waals surface area contributed by atoms with Crippen molar-refractivity contribution in [3.63, 3.8) is 0 Å². The van der Waals surface area contributed by atoms with Crippen LogP contribution in [-0.4, -0.2) is 54.3 Å². The lowest BCUT2D eigenvalue weighted by Gasteiger charge is -2.20. The molecule has 2 heterocycles. The second-order valence-corrected chi connectivity index (χ2v) is 8.88. The maximum absolute atomic E-state index is 13.2. The first-order chi connectivity index (χ1) is 17.1. The van der Waals surface area contributed by atoms with Crippen LogP contribution in [0.2, 0.25) is 0 Å². The molecule has 1 aliphatic rings. The number of ether oxygens (including phenoxy) is 2. The fourth-order valence-corrected chi connectivity index (χ4v) is 3.65. The Bertz CT molecular complexity index is 1350. The zero-order valence-corrected chi connectivity index (χ0v) is 20.5. The number of amides is 2. The molecule has 2 aromatic carbocycles. The predicted molar refractivity (Wildman–Crippen MR) is 136 cm³/mol. The van der Waals surface area contributed by atoms with Gasteiger partial charge in [0.05, 0.1) is 12.8 Å². The Morgan fingerprint density at radius 1 is 1.17 bits per heavy atom. The molecule has 184 valence electrons. The number of nitrogens with one attached hydrogen (secondary N) is 1. The molecule has 8 nitrogen and oxygen atoms in total. The van der Waals surface area contributed by atoms with Gasteiger partial charge < -0.3 is 24.8 Å². The third-order valence-corrected chi connectivity index (χ3v) is 5.59. The molecule has 8 heteroatoms. The predicted octanol–water partition coefficient (Wildman–Crippen LogP) is 3.03. The minimum absolute atomic E-state index is 0.0330. The van der Waals surface area contributed by atoms with Gasteiger partial charge in [0, 0.05) is 18.8 Å². The van der Waals surface area contributed by atoms with Crippen molar-refractivity contribution in [3.8, 4) is 34.5 Å². The number of benzene rings is 2. The van der Waals surface area contributed by atoms with E-state index in [9.17, 15) is 14.7 Å². The first-order valence-corrected chi connectivity index (χ1v) is 11.4. The number of hydrogen-bond acceptors (Lipinski definition) is 6. The van der Waals surface area contributed by atoms with Gasteiger partial charge in [0.25, 0.3) is 11.8 Å². The smallest absolute Gasteiger partial charge is 0.270 e. The third kappa shape index (κ3) is 5.65. The Hall–Kier alpha value is -4.35. The maximum Gasteiger partial charge on any atom is 0.270 e. The number of aliphatic hydroxyl groups is 1. The van der Waals surface area contributed by atoms with Crippen molar-refractivity contribution in [1.29, 1.82) is 0 Å². The van der Waals surface area contributed by atoms with Gasteiger partial charge in [-0.15, -0.1) is 0 Å². The lowest BCUT2D eigenvalue weighted by molar-refractivity contribution is -0.120. The Morgan fingerprint density at radius 3 is 2.61 bits per heavy atom.